The van der Waals surface area contributed by atoms with Crippen LogP contribution in [-0.2, 0) is 11.2 Å². The number of phenols is 4. The Morgan fingerprint density at radius 3 is 1.82 bits per heavy atom. The zero-order chi connectivity index (χ0) is 16.7. The highest BCUT2D eigenvalue weighted by molar-refractivity contribution is 5.73. The molecule has 2 aromatic carbocycles. The van der Waals surface area contributed by atoms with Gasteiger partial charge in [0, 0.05) is 0 Å². The molecular formula is C15H17NO6. The van der Waals surface area contributed by atoms with Gasteiger partial charge in [-0.2, -0.15) is 0 Å². The first-order chi connectivity index (χ1) is 10.3. The van der Waals surface area contributed by atoms with E-state index in [0.717, 1.165) is 0 Å². The normalized spacial score (nSPS) is 11.1. The minimum atomic E-state index is -1.10. The molecule has 0 saturated heterocycles. The molecule has 2 aromatic rings. The van der Waals surface area contributed by atoms with Crippen LogP contribution in [0.25, 0.3) is 0 Å². The third kappa shape index (κ3) is 5.22. The van der Waals surface area contributed by atoms with Crippen molar-refractivity contribution in [1.82, 2.24) is 0 Å². The Morgan fingerprint density at radius 1 is 0.909 bits per heavy atom. The van der Waals surface area contributed by atoms with E-state index < -0.39 is 12.0 Å². The van der Waals surface area contributed by atoms with Crippen molar-refractivity contribution in [3.8, 4) is 23.0 Å². The van der Waals surface area contributed by atoms with Crippen LogP contribution in [0.2, 0.25) is 0 Å². The maximum absolute atomic E-state index is 10.4. The Balaban J connectivity index is 0.000000255. The van der Waals surface area contributed by atoms with Gasteiger partial charge in [-0.3, -0.25) is 4.79 Å². The predicted octanol–water partition coefficient (Wildman–Crippen LogP) is 1.15. The van der Waals surface area contributed by atoms with E-state index in [0.29, 0.717) is 5.56 Å². The van der Waals surface area contributed by atoms with Gasteiger partial charge in [-0.1, -0.05) is 18.2 Å². The van der Waals surface area contributed by atoms with E-state index in [-0.39, 0.29) is 29.4 Å². The average Bonchev–Trinajstić information content (AvgIpc) is 2.46. The number of hydrogen-bond acceptors (Lipinski definition) is 6. The number of phenolic OH excluding ortho intramolecular Hbond substituents is 4. The van der Waals surface area contributed by atoms with Gasteiger partial charge < -0.3 is 31.3 Å². The van der Waals surface area contributed by atoms with Crippen molar-refractivity contribution in [3.63, 3.8) is 0 Å². The van der Waals surface area contributed by atoms with Crippen LogP contribution in [0.4, 0.5) is 0 Å². The Labute approximate surface area is 126 Å². The van der Waals surface area contributed by atoms with Crippen LogP contribution in [0.5, 0.6) is 23.0 Å². The molecule has 2 rings (SSSR count). The first-order valence-electron chi connectivity index (χ1n) is 6.27. The molecule has 7 heteroatoms. The highest BCUT2D eigenvalue weighted by atomic mass is 16.4. The molecule has 0 spiro atoms. The van der Waals surface area contributed by atoms with Crippen LogP contribution in [0.1, 0.15) is 5.56 Å². The second kappa shape index (κ2) is 7.75. The first kappa shape index (κ1) is 17.1. The minimum Gasteiger partial charge on any atom is -0.504 e. The molecule has 0 unspecified atom stereocenters. The smallest absolute Gasteiger partial charge is 0.320 e. The summed E-state index contributed by atoms with van der Waals surface area (Å²) in [4.78, 5) is 10.4. The topological polar surface area (TPSA) is 144 Å². The van der Waals surface area contributed by atoms with E-state index in [9.17, 15) is 4.79 Å². The summed E-state index contributed by atoms with van der Waals surface area (Å²) in [5, 5.41) is 44.0. The molecule has 0 bridgehead atoms. The number of para-hydroxylation sites is 2. The van der Waals surface area contributed by atoms with E-state index in [1.807, 2.05) is 0 Å². The maximum Gasteiger partial charge on any atom is 0.320 e. The van der Waals surface area contributed by atoms with E-state index in [1.54, 1.807) is 12.1 Å². The number of aliphatic carboxylic acids is 1. The fraction of sp³-hybridized carbons (Fsp3) is 0.133. The summed E-state index contributed by atoms with van der Waals surface area (Å²) in [5.41, 5.74) is 5.86. The Hall–Kier alpha value is -2.93. The van der Waals surface area contributed by atoms with Gasteiger partial charge in [-0.05, 0) is 36.2 Å². The number of carboxylic acids is 1. The molecule has 22 heavy (non-hydrogen) atoms. The second-order valence-corrected chi connectivity index (χ2v) is 4.46. The van der Waals surface area contributed by atoms with Gasteiger partial charge in [0.15, 0.2) is 23.0 Å². The SMILES string of the molecule is N[C@@H](Cc1ccc(O)c(O)c1)C(=O)O.Oc1ccccc1O. The number of carbonyl (C=O) groups is 1. The molecule has 0 aliphatic heterocycles. The van der Waals surface area contributed by atoms with Crippen molar-refractivity contribution in [2.75, 3.05) is 0 Å². The summed E-state index contributed by atoms with van der Waals surface area (Å²) in [6, 6.07) is 9.24. The molecule has 0 aromatic heterocycles. The van der Waals surface area contributed by atoms with Crippen LogP contribution >= 0.6 is 0 Å². The van der Waals surface area contributed by atoms with Crippen LogP contribution in [-0.4, -0.2) is 37.5 Å². The van der Waals surface area contributed by atoms with Crippen LogP contribution in [0.15, 0.2) is 42.5 Å². The predicted molar refractivity (Wildman–Crippen MR) is 78.9 cm³/mol. The molecule has 0 amide bonds. The van der Waals surface area contributed by atoms with Gasteiger partial charge in [0.2, 0.25) is 0 Å². The molecule has 0 aliphatic rings. The number of carboxylic acid groups (broad SMARTS) is 1. The summed E-state index contributed by atoms with van der Waals surface area (Å²) in [7, 11) is 0. The highest BCUT2D eigenvalue weighted by Crippen LogP contribution is 2.25. The largest absolute Gasteiger partial charge is 0.504 e. The van der Waals surface area contributed by atoms with Crippen molar-refractivity contribution in [3.05, 3.63) is 48.0 Å². The highest BCUT2D eigenvalue weighted by Gasteiger charge is 2.12. The number of nitrogens with two attached hydrogens (primary N) is 1. The summed E-state index contributed by atoms with van der Waals surface area (Å²) in [6.07, 6.45) is 0.114. The van der Waals surface area contributed by atoms with E-state index in [4.69, 9.17) is 31.3 Å². The average molecular weight is 307 g/mol. The lowest BCUT2D eigenvalue weighted by molar-refractivity contribution is -0.138. The molecule has 0 saturated carbocycles. The quantitative estimate of drug-likeness (QED) is 0.466. The van der Waals surface area contributed by atoms with Crippen LogP contribution in [0.3, 0.4) is 0 Å². The summed E-state index contributed by atoms with van der Waals surface area (Å²) >= 11 is 0. The molecule has 0 heterocycles. The molecule has 7 N–H and O–H groups in total. The monoisotopic (exact) mass is 307 g/mol. The Morgan fingerprint density at radius 2 is 1.41 bits per heavy atom. The third-order valence-electron chi connectivity index (χ3n) is 2.69. The van der Waals surface area contributed by atoms with Gasteiger partial charge >= 0.3 is 5.97 Å². The molecule has 0 fully saturated rings. The van der Waals surface area contributed by atoms with E-state index in [2.05, 4.69) is 0 Å². The lowest BCUT2D eigenvalue weighted by atomic mass is 10.1. The van der Waals surface area contributed by atoms with Crippen molar-refractivity contribution in [1.29, 1.82) is 0 Å². The zero-order valence-electron chi connectivity index (χ0n) is 11.5. The van der Waals surface area contributed by atoms with Gasteiger partial charge in [-0.25, -0.2) is 0 Å². The molecular weight excluding hydrogens is 290 g/mol. The van der Waals surface area contributed by atoms with Gasteiger partial charge in [0.1, 0.15) is 6.04 Å². The molecule has 1 atom stereocenters. The number of rotatable bonds is 3. The second-order valence-electron chi connectivity index (χ2n) is 4.46. The van der Waals surface area contributed by atoms with Crippen molar-refractivity contribution >= 4 is 5.97 Å². The summed E-state index contributed by atoms with van der Waals surface area (Å²) in [5.74, 6) is -1.77. The standard InChI is InChI=1S/C9H11NO4.C6H6O2/c10-6(9(13)14)3-5-1-2-7(11)8(12)4-5;7-5-3-1-2-4-6(5)8/h1-2,4,6,11-12H,3,10H2,(H,13,14);1-4,7-8H/t6-;/m0./s1. The zero-order valence-corrected chi connectivity index (χ0v) is 11.5. The van der Waals surface area contributed by atoms with Crippen LogP contribution < -0.4 is 5.73 Å². The molecule has 0 aliphatic carbocycles. The van der Waals surface area contributed by atoms with Gasteiger partial charge in [0.25, 0.3) is 0 Å². The fourth-order valence-corrected chi connectivity index (χ4v) is 1.50. The van der Waals surface area contributed by atoms with Gasteiger partial charge in [0.05, 0.1) is 0 Å². The third-order valence-corrected chi connectivity index (χ3v) is 2.69. The van der Waals surface area contributed by atoms with Crippen molar-refractivity contribution in [2.45, 2.75) is 12.5 Å². The van der Waals surface area contributed by atoms with Crippen LogP contribution in [0, 0.1) is 0 Å². The molecule has 7 nitrogen and oxygen atoms in total. The molecule has 118 valence electrons. The first-order valence-corrected chi connectivity index (χ1v) is 6.27. The lowest BCUT2D eigenvalue weighted by Crippen LogP contribution is -2.32. The lowest BCUT2D eigenvalue weighted by Gasteiger charge is -2.06. The van der Waals surface area contributed by atoms with E-state index >= 15 is 0 Å². The van der Waals surface area contributed by atoms with E-state index in [1.165, 1.54) is 30.3 Å². The maximum atomic E-state index is 10.4. The number of aromatic hydroxyl groups is 4. The number of hydrogen-bond donors (Lipinski definition) is 6. The Kier molecular flexibility index (Phi) is 6.03. The van der Waals surface area contributed by atoms with Gasteiger partial charge in [-0.15, -0.1) is 0 Å². The summed E-state index contributed by atoms with van der Waals surface area (Å²) < 4.78 is 0. The fourth-order valence-electron chi connectivity index (χ4n) is 1.50. The van der Waals surface area contributed by atoms with Crippen molar-refractivity contribution < 1.29 is 30.3 Å². The van der Waals surface area contributed by atoms with Crippen molar-refractivity contribution in [2.24, 2.45) is 5.73 Å². The summed E-state index contributed by atoms with van der Waals surface area (Å²) in [6.45, 7) is 0. The number of benzene rings is 2. The Bertz CT molecular complexity index is 623. The molecule has 0 radical (unpaired) electrons. The minimum absolute atomic E-state index is 0.0764.